The smallest absolute Gasteiger partial charge is 0.328 e. The summed E-state index contributed by atoms with van der Waals surface area (Å²) in [6.07, 6.45) is 0.278. The van der Waals surface area contributed by atoms with E-state index in [0.717, 1.165) is 29.0 Å². The van der Waals surface area contributed by atoms with Gasteiger partial charge in [-0.25, -0.2) is 4.79 Å². The summed E-state index contributed by atoms with van der Waals surface area (Å²) in [5.74, 6) is 0.224. The summed E-state index contributed by atoms with van der Waals surface area (Å²) in [7, 11) is 1.75. The molecule has 1 atom stereocenters. The van der Waals surface area contributed by atoms with Crippen LogP contribution in [-0.4, -0.2) is 31.4 Å². The number of aryl methyl sites for hydroxylation is 4. The van der Waals surface area contributed by atoms with E-state index < -0.39 is 0 Å². The summed E-state index contributed by atoms with van der Waals surface area (Å²) in [4.78, 5) is 24.6. The number of amides is 1. The predicted molar refractivity (Wildman–Crippen MR) is 106 cm³/mol. The lowest BCUT2D eigenvalue weighted by Crippen LogP contribution is -2.32. The molecule has 3 rings (SSSR count). The number of fused-ring (bicyclic) bond motifs is 1. The van der Waals surface area contributed by atoms with Crippen molar-refractivity contribution in [1.29, 1.82) is 0 Å². The molecule has 2 heterocycles. The fourth-order valence-electron chi connectivity index (χ4n) is 3.39. The van der Waals surface area contributed by atoms with Crippen molar-refractivity contribution in [1.82, 2.24) is 24.2 Å². The number of imidazole rings is 1. The molecular weight excluding hydrogens is 342 g/mol. The maximum absolute atomic E-state index is 12.4. The summed E-state index contributed by atoms with van der Waals surface area (Å²) < 4.78 is 5.25. The minimum atomic E-state index is -0.0955. The van der Waals surface area contributed by atoms with Crippen molar-refractivity contribution in [3.63, 3.8) is 0 Å². The average Bonchev–Trinajstić information content (AvgIpc) is 3.08. The number of nitrogens with zero attached hydrogens (tertiary/aromatic N) is 4. The molecule has 27 heavy (non-hydrogen) atoms. The summed E-state index contributed by atoms with van der Waals surface area (Å²) in [5, 5.41) is 7.43. The molecule has 0 aliphatic rings. The van der Waals surface area contributed by atoms with Crippen molar-refractivity contribution in [3.8, 4) is 0 Å². The Morgan fingerprint density at radius 3 is 2.59 bits per heavy atom. The Balaban J connectivity index is 1.54. The second-order valence-electron chi connectivity index (χ2n) is 7.25. The van der Waals surface area contributed by atoms with Crippen LogP contribution in [0.3, 0.4) is 0 Å². The Labute approximate surface area is 158 Å². The van der Waals surface area contributed by atoms with Crippen LogP contribution in [0, 0.1) is 19.8 Å². The minimum Gasteiger partial charge on any atom is -0.356 e. The van der Waals surface area contributed by atoms with Crippen molar-refractivity contribution >= 4 is 16.9 Å². The first-order valence-corrected chi connectivity index (χ1v) is 9.29. The molecule has 0 fully saturated rings. The number of aromatic nitrogens is 4. The van der Waals surface area contributed by atoms with Gasteiger partial charge in [0.1, 0.15) is 0 Å². The molecule has 3 aromatic rings. The van der Waals surface area contributed by atoms with Crippen LogP contribution in [0.25, 0.3) is 11.0 Å². The van der Waals surface area contributed by atoms with Crippen molar-refractivity contribution in [2.75, 3.05) is 6.54 Å². The van der Waals surface area contributed by atoms with E-state index in [1.165, 1.54) is 0 Å². The Hall–Kier alpha value is -2.83. The fourth-order valence-corrected chi connectivity index (χ4v) is 3.39. The third kappa shape index (κ3) is 4.13. The number of hydrogen-bond donors (Lipinski definition) is 1. The van der Waals surface area contributed by atoms with Gasteiger partial charge >= 0.3 is 5.69 Å². The molecule has 2 aromatic heterocycles. The zero-order valence-electron chi connectivity index (χ0n) is 16.4. The number of benzene rings is 1. The zero-order valence-corrected chi connectivity index (χ0v) is 16.4. The van der Waals surface area contributed by atoms with E-state index in [-0.39, 0.29) is 23.9 Å². The van der Waals surface area contributed by atoms with Crippen molar-refractivity contribution in [3.05, 3.63) is 52.2 Å². The largest absolute Gasteiger partial charge is 0.356 e. The molecule has 0 unspecified atom stereocenters. The molecule has 7 nitrogen and oxygen atoms in total. The van der Waals surface area contributed by atoms with E-state index in [1.54, 1.807) is 16.2 Å². The number of rotatable bonds is 7. The van der Waals surface area contributed by atoms with E-state index in [1.807, 2.05) is 48.9 Å². The molecular formula is C20H27N5O2. The summed E-state index contributed by atoms with van der Waals surface area (Å²) in [6.45, 7) is 7.83. The monoisotopic (exact) mass is 369 g/mol. The topological polar surface area (TPSA) is 73.8 Å². The SMILES string of the molecule is Cc1cc(C)n(C[C@@H](C)CNC(=O)CCn2c(=O)n(C)c3ccccc32)n1. The normalized spacial score (nSPS) is 12.4. The Kier molecular flexibility index (Phi) is 5.48. The summed E-state index contributed by atoms with van der Waals surface area (Å²) >= 11 is 0. The number of nitrogens with one attached hydrogen (secondary N) is 1. The Morgan fingerprint density at radius 2 is 1.93 bits per heavy atom. The van der Waals surface area contributed by atoms with Gasteiger partial charge in [0.2, 0.25) is 5.91 Å². The molecule has 0 aliphatic carbocycles. The molecule has 1 aromatic carbocycles. The average molecular weight is 369 g/mol. The van der Waals surface area contributed by atoms with Gasteiger partial charge in [0.05, 0.1) is 16.7 Å². The molecule has 0 spiro atoms. The van der Waals surface area contributed by atoms with Crippen LogP contribution < -0.4 is 11.0 Å². The maximum Gasteiger partial charge on any atom is 0.328 e. The van der Waals surface area contributed by atoms with Crippen LogP contribution in [0.5, 0.6) is 0 Å². The molecule has 144 valence electrons. The number of carbonyl (C=O) groups excluding carboxylic acids is 1. The van der Waals surface area contributed by atoms with Gasteiger partial charge in [-0.05, 0) is 38.0 Å². The van der Waals surface area contributed by atoms with E-state index in [2.05, 4.69) is 17.3 Å². The second kappa shape index (κ2) is 7.82. The predicted octanol–water partition coefficient (Wildman–Crippen LogP) is 2.00. The number of hydrogen-bond acceptors (Lipinski definition) is 3. The van der Waals surface area contributed by atoms with Crippen LogP contribution >= 0.6 is 0 Å². The molecule has 7 heteroatoms. The van der Waals surface area contributed by atoms with Gasteiger partial charge in [-0.1, -0.05) is 19.1 Å². The highest BCUT2D eigenvalue weighted by Gasteiger charge is 2.12. The fraction of sp³-hybridized carbons (Fsp3) is 0.450. The molecule has 0 aliphatic heterocycles. The summed E-state index contributed by atoms with van der Waals surface area (Å²) in [5.41, 5.74) is 3.77. The van der Waals surface area contributed by atoms with E-state index in [9.17, 15) is 9.59 Å². The maximum atomic E-state index is 12.4. The Bertz CT molecular complexity index is 1010. The highest BCUT2D eigenvalue weighted by molar-refractivity contribution is 5.77. The lowest BCUT2D eigenvalue weighted by molar-refractivity contribution is -0.121. The molecule has 0 saturated carbocycles. The van der Waals surface area contributed by atoms with Crippen LogP contribution in [-0.2, 0) is 24.9 Å². The number of para-hydroxylation sites is 2. The van der Waals surface area contributed by atoms with Crippen LogP contribution in [0.4, 0.5) is 0 Å². The number of carbonyl (C=O) groups is 1. The molecule has 1 N–H and O–H groups in total. The third-order valence-electron chi connectivity index (χ3n) is 4.85. The van der Waals surface area contributed by atoms with Crippen molar-refractivity contribution in [2.24, 2.45) is 13.0 Å². The van der Waals surface area contributed by atoms with Gasteiger partial charge in [-0.2, -0.15) is 5.10 Å². The lowest BCUT2D eigenvalue weighted by Gasteiger charge is -2.14. The molecule has 0 radical (unpaired) electrons. The second-order valence-corrected chi connectivity index (χ2v) is 7.25. The lowest BCUT2D eigenvalue weighted by atomic mass is 10.2. The van der Waals surface area contributed by atoms with Crippen LogP contribution in [0.2, 0.25) is 0 Å². The third-order valence-corrected chi connectivity index (χ3v) is 4.85. The van der Waals surface area contributed by atoms with E-state index in [0.29, 0.717) is 13.1 Å². The first-order chi connectivity index (χ1) is 12.9. The summed E-state index contributed by atoms with van der Waals surface area (Å²) in [6, 6.07) is 9.67. The highest BCUT2D eigenvalue weighted by atomic mass is 16.2. The molecule has 0 saturated heterocycles. The first kappa shape index (κ1) is 18.9. The van der Waals surface area contributed by atoms with Crippen molar-refractivity contribution < 1.29 is 4.79 Å². The quantitative estimate of drug-likeness (QED) is 0.692. The van der Waals surface area contributed by atoms with Gasteiger partial charge in [0.15, 0.2) is 0 Å². The van der Waals surface area contributed by atoms with Gasteiger partial charge in [0.25, 0.3) is 0 Å². The molecule has 0 bridgehead atoms. The van der Waals surface area contributed by atoms with E-state index >= 15 is 0 Å². The minimum absolute atomic E-state index is 0.0462. The van der Waals surface area contributed by atoms with Gasteiger partial charge in [0, 0.05) is 38.8 Å². The Morgan fingerprint density at radius 1 is 1.22 bits per heavy atom. The first-order valence-electron chi connectivity index (χ1n) is 9.29. The van der Waals surface area contributed by atoms with E-state index in [4.69, 9.17) is 0 Å². The van der Waals surface area contributed by atoms with Gasteiger partial charge in [-0.3, -0.25) is 18.6 Å². The molecule has 1 amide bonds. The van der Waals surface area contributed by atoms with Crippen molar-refractivity contribution in [2.45, 2.75) is 40.3 Å². The van der Waals surface area contributed by atoms with Crippen LogP contribution in [0.15, 0.2) is 35.1 Å². The van der Waals surface area contributed by atoms with Gasteiger partial charge < -0.3 is 5.32 Å². The highest BCUT2D eigenvalue weighted by Crippen LogP contribution is 2.12. The standard InChI is InChI=1S/C20H27N5O2/c1-14(13-25-16(3)11-15(2)22-25)12-21-19(26)9-10-24-18-8-6-5-7-17(18)23(4)20(24)27/h5-8,11,14H,9-10,12-13H2,1-4H3,(H,21,26)/t14-/m0/s1. The van der Waals surface area contributed by atoms with Crippen LogP contribution in [0.1, 0.15) is 24.7 Å². The zero-order chi connectivity index (χ0) is 19.6. The van der Waals surface area contributed by atoms with Gasteiger partial charge in [-0.15, -0.1) is 0 Å².